The molecular weight excluding hydrogens is 319 g/mol. The minimum Gasteiger partial charge on any atom is -0.338 e. The fraction of sp³-hybridized carbons (Fsp3) is 0.941. The number of urea groups is 1. The average molecular weight is 347 g/mol. The average Bonchev–Trinajstić information content (AvgIpc) is 2.45. The lowest BCUT2D eigenvalue weighted by Crippen LogP contribution is -2.57. The van der Waals surface area contributed by atoms with Gasteiger partial charge in [0, 0.05) is 12.6 Å². The first-order valence-electron chi connectivity index (χ1n) is 9.10. The molecule has 4 aliphatic rings. The van der Waals surface area contributed by atoms with E-state index in [4.69, 9.17) is 0 Å². The van der Waals surface area contributed by atoms with Crippen LogP contribution in [-0.2, 0) is 0 Å². The summed E-state index contributed by atoms with van der Waals surface area (Å²) in [5.41, 5.74) is 0. The molecule has 7 heteroatoms. The maximum atomic E-state index is 12.2. The minimum absolute atomic E-state index is 0.161. The predicted octanol–water partition coefficient (Wildman–Crippen LogP) is 2.99. The van der Waals surface area contributed by atoms with Crippen molar-refractivity contribution in [2.45, 2.75) is 50.7 Å². The third-order valence-corrected chi connectivity index (χ3v) is 5.98. The van der Waals surface area contributed by atoms with Gasteiger partial charge in [0.25, 0.3) is 0 Å². The molecule has 4 rings (SSSR count). The number of amides is 2. The number of carbonyl (C=O) groups is 1. The lowest BCUT2D eigenvalue weighted by atomic mass is 9.54. The summed E-state index contributed by atoms with van der Waals surface area (Å²) in [6.07, 6.45) is 2.73. The van der Waals surface area contributed by atoms with Crippen LogP contribution in [0, 0.1) is 23.7 Å². The molecule has 24 heavy (non-hydrogen) atoms. The zero-order valence-electron chi connectivity index (χ0n) is 14.2. The van der Waals surface area contributed by atoms with Crippen molar-refractivity contribution < 1.29 is 18.0 Å². The van der Waals surface area contributed by atoms with E-state index in [0.717, 1.165) is 11.8 Å². The highest BCUT2D eigenvalue weighted by Crippen LogP contribution is 2.53. The zero-order chi connectivity index (χ0) is 17.3. The SMILES string of the molecule is CN(CCCNC(=O)NC1C2CC3CC(C2)CC1C3)CC(F)(F)F. The van der Waals surface area contributed by atoms with Crippen LogP contribution in [0.3, 0.4) is 0 Å². The van der Waals surface area contributed by atoms with Gasteiger partial charge in [0.2, 0.25) is 0 Å². The molecule has 4 saturated carbocycles. The number of carbonyl (C=O) groups excluding carboxylic acids is 1. The summed E-state index contributed by atoms with van der Waals surface area (Å²) in [6, 6.07) is 0.136. The molecule has 0 radical (unpaired) electrons. The molecule has 2 amide bonds. The first-order valence-corrected chi connectivity index (χ1v) is 9.10. The summed E-state index contributed by atoms with van der Waals surface area (Å²) in [5, 5.41) is 5.95. The largest absolute Gasteiger partial charge is 0.401 e. The molecule has 0 saturated heterocycles. The molecule has 4 nitrogen and oxygen atoms in total. The molecular formula is C17H28F3N3O. The van der Waals surface area contributed by atoms with Crippen molar-refractivity contribution in [1.82, 2.24) is 15.5 Å². The topological polar surface area (TPSA) is 44.4 Å². The summed E-state index contributed by atoms with van der Waals surface area (Å²) < 4.78 is 36.7. The summed E-state index contributed by atoms with van der Waals surface area (Å²) in [6.45, 7) is -0.188. The number of alkyl halides is 3. The predicted molar refractivity (Wildman–Crippen MR) is 85.5 cm³/mol. The van der Waals surface area contributed by atoms with Gasteiger partial charge in [0.05, 0.1) is 6.54 Å². The van der Waals surface area contributed by atoms with E-state index in [2.05, 4.69) is 10.6 Å². The fourth-order valence-electron chi connectivity index (χ4n) is 5.30. The first-order chi connectivity index (χ1) is 11.3. The summed E-state index contributed by atoms with van der Waals surface area (Å²) in [5.74, 6) is 3.01. The van der Waals surface area contributed by atoms with Gasteiger partial charge in [-0.1, -0.05) is 0 Å². The molecule has 4 aliphatic carbocycles. The maximum Gasteiger partial charge on any atom is 0.401 e. The van der Waals surface area contributed by atoms with Crippen LogP contribution in [0.5, 0.6) is 0 Å². The van der Waals surface area contributed by atoms with E-state index >= 15 is 0 Å². The molecule has 0 aromatic heterocycles. The van der Waals surface area contributed by atoms with E-state index in [9.17, 15) is 18.0 Å². The Kier molecular flexibility index (Phi) is 5.27. The van der Waals surface area contributed by atoms with E-state index in [1.165, 1.54) is 44.1 Å². The number of hydrogen-bond donors (Lipinski definition) is 2. The van der Waals surface area contributed by atoms with E-state index in [1.54, 1.807) is 0 Å². The Balaban J connectivity index is 1.33. The highest BCUT2D eigenvalue weighted by molar-refractivity contribution is 5.74. The molecule has 0 aliphatic heterocycles. The Bertz CT molecular complexity index is 427. The summed E-state index contributed by atoms with van der Waals surface area (Å²) in [4.78, 5) is 13.3. The monoisotopic (exact) mass is 347 g/mol. The molecule has 0 unspecified atom stereocenters. The van der Waals surface area contributed by atoms with Crippen LogP contribution < -0.4 is 10.6 Å². The van der Waals surface area contributed by atoms with E-state index in [1.807, 2.05) is 0 Å². The van der Waals surface area contributed by atoms with Crippen molar-refractivity contribution >= 4 is 6.03 Å². The maximum absolute atomic E-state index is 12.2. The molecule has 0 atom stereocenters. The molecule has 4 fully saturated rings. The normalized spacial score (nSPS) is 34.6. The third kappa shape index (κ3) is 4.55. The van der Waals surface area contributed by atoms with Gasteiger partial charge in [0.15, 0.2) is 0 Å². The number of nitrogens with zero attached hydrogens (tertiary/aromatic N) is 1. The number of halogens is 3. The molecule has 4 bridgehead atoms. The minimum atomic E-state index is -4.17. The van der Waals surface area contributed by atoms with Gasteiger partial charge in [-0.15, -0.1) is 0 Å². The smallest absolute Gasteiger partial charge is 0.338 e. The van der Waals surface area contributed by atoms with Crippen LogP contribution in [0.4, 0.5) is 18.0 Å². The van der Waals surface area contributed by atoms with Crippen LogP contribution in [0.25, 0.3) is 0 Å². The molecule has 0 aromatic carbocycles. The van der Waals surface area contributed by atoms with Crippen molar-refractivity contribution in [3.63, 3.8) is 0 Å². The van der Waals surface area contributed by atoms with Crippen LogP contribution in [0.1, 0.15) is 38.5 Å². The van der Waals surface area contributed by atoms with Crippen LogP contribution in [0.2, 0.25) is 0 Å². The Labute approximate surface area is 141 Å². The fourth-order valence-corrected chi connectivity index (χ4v) is 5.30. The Morgan fingerprint density at radius 3 is 2.21 bits per heavy atom. The first kappa shape index (κ1) is 17.8. The molecule has 2 N–H and O–H groups in total. The van der Waals surface area contributed by atoms with E-state index in [-0.39, 0.29) is 6.03 Å². The van der Waals surface area contributed by atoms with Gasteiger partial charge in [-0.25, -0.2) is 4.79 Å². The lowest BCUT2D eigenvalue weighted by Gasteiger charge is -2.54. The molecule has 0 heterocycles. The lowest BCUT2D eigenvalue weighted by molar-refractivity contribution is -0.143. The van der Waals surface area contributed by atoms with Crippen LogP contribution in [0.15, 0.2) is 0 Å². The van der Waals surface area contributed by atoms with Crippen LogP contribution >= 0.6 is 0 Å². The molecule has 0 aromatic rings. The second-order valence-electron chi connectivity index (χ2n) is 8.06. The quantitative estimate of drug-likeness (QED) is 0.726. The van der Waals surface area contributed by atoms with E-state index in [0.29, 0.717) is 37.4 Å². The highest BCUT2D eigenvalue weighted by Gasteiger charge is 2.48. The molecule has 0 spiro atoms. The van der Waals surface area contributed by atoms with Gasteiger partial charge < -0.3 is 10.6 Å². The van der Waals surface area contributed by atoms with Gasteiger partial charge >= 0.3 is 12.2 Å². The second-order valence-corrected chi connectivity index (χ2v) is 8.06. The van der Waals surface area contributed by atoms with Crippen molar-refractivity contribution in [2.75, 3.05) is 26.7 Å². The highest BCUT2D eigenvalue weighted by atomic mass is 19.4. The van der Waals surface area contributed by atoms with Crippen LogP contribution in [-0.4, -0.2) is 49.8 Å². The van der Waals surface area contributed by atoms with Crippen molar-refractivity contribution in [1.29, 1.82) is 0 Å². The van der Waals surface area contributed by atoms with Gasteiger partial charge in [0.1, 0.15) is 0 Å². The summed E-state index contributed by atoms with van der Waals surface area (Å²) in [7, 11) is 1.45. The summed E-state index contributed by atoms with van der Waals surface area (Å²) >= 11 is 0. The van der Waals surface area contributed by atoms with Gasteiger partial charge in [-0.3, -0.25) is 4.90 Å². The van der Waals surface area contributed by atoms with Gasteiger partial charge in [-0.2, -0.15) is 13.2 Å². The number of hydrogen-bond acceptors (Lipinski definition) is 2. The van der Waals surface area contributed by atoms with Crippen molar-refractivity contribution in [2.24, 2.45) is 23.7 Å². The standard InChI is InChI=1S/C17H28F3N3O/c1-23(10-17(18,19)20)4-2-3-21-16(24)22-15-13-6-11-5-12(8-13)9-14(15)7-11/h11-15H,2-10H2,1H3,(H2,21,22,24). The zero-order valence-corrected chi connectivity index (χ0v) is 14.2. The van der Waals surface area contributed by atoms with Gasteiger partial charge in [-0.05, 0) is 75.8 Å². The molecule has 138 valence electrons. The number of nitrogens with one attached hydrogen (secondary N) is 2. The Morgan fingerprint density at radius 1 is 1.08 bits per heavy atom. The van der Waals surface area contributed by atoms with Crippen molar-refractivity contribution in [3.05, 3.63) is 0 Å². The third-order valence-electron chi connectivity index (χ3n) is 5.98. The Hall–Kier alpha value is -0.980. The number of rotatable bonds is 6. The second kappa shape index (κ2) is 7.10. The van der Waals surface area contributed by atoms with E-state index < -0.39 is 12.7 Å². The Morgan fingerprint density at radius 2 is 1.67 bits per heavy atom. The van der Waals surface area contributed by atoms with Crippen molar-refractivity contribution in [3.8, 4) is 0 Å².